The molecule has 0 radical (unpaired) electrons. The number of benzene rings is 1. The molecule has 0 aliphatic rings. The standard InChI is InChI=1S/C17H22N4OS/c1-12-8-9-23-15(12)11-21-17(19-3)20-10-13-4-6-14(7-5-13)16(22)18-2/h4-9H,10-11H2,1-3H3,(H,18,22)(H2,19,20,21). The summed E-state index contributed by atoms with van der Waals surface area (Å²) in [6, 6.07) is 9.64. The lowest BCUT2D eigenvalue weighted by molar-refractivity contribution is 0.0963. The highest BCUT2D eigenvalue weighted by Crippen LogP contribution is 2.14. The number of nitrogens with zero attached hydrogens (tertiary/aromatic N) is 1. The summed E-state index contributed by atoms with van der Waals surface area (Å²) in [5.74, 6) is 0.682. The molecule has 0 saturated carbocycles. The third-order valence-electron chi connectivity index (χ3n) is 3.51. The van der Waals surface area contributed by atoms with Gasteiger partial charge in [0.1, 0.15) is 0 Å². The van der Waals surface area contributed by atoms with Crippen LogP contribution < -0.4 is 16.0 Å². The molecule has 6 heteroatoms. The highest BCUT2D eigenvalue weighted by Gasteiger charge is 2.04. The molecule has 0 bridgehead atoms. The first-order valence-electron chi connectivity index (χ1n) is 7.42. The van der Waals surface area contributed by atoms with Gasteiger partial charge in [-0.2, -0.15) is 0 Å². The number of amides is 1. The van der Waals surface area contributed by atoms with Crippen molar-refractivity contribution in [3.05, 3.63) is 57.3 Å². The minimum absolute atomic E-state index is 0.0756. The molecule has 2 aromatic rings. The van der Waals surface area contributed by atoms with Crippen LogP contribution in [0.4, 0.5) is 0 Å². The number of nitrogens with one attached hydrogen (secondary N) is 3. The molecule has 0 atom stereocenters. The molecule has 0 spiro atoms. The van der Waals surface area contributed by atoms with Gasteiger partial charge in [0.25, 0.3) is 5.91 Å². The first-order chi connectivity index (χ1) is 11.1. The summed E-state index contributed by atoms with van der Waals surface area (Å²) in [6.45, 7) is 3.52. The molecule has 0 saturated heterocycles. The van der Waals surface area contributed by atoms with Crippen molar-refractivity contribution < 1.29 is 4.79 Å². The van der Waals surface area contributed by atoms with Gasteiger partial charge in [0, 0.05) is 31.1 Å². The van der Waals surface area contributed by atoms with E-state index < -0.39 is 0 Å². The molecular formula is C17H22N4OS. The molecule has 1 heterocycles. The molecule has 1 aromatic carbocycles. The summed E-state index contributed by atoms with van der Waals surface area (Å²) in [4.78, 5) is 17.0. The topological polar surface area (TPSA) is 65.5 Å². The van der Waals surface area contributed by atoms with E-state index >= 15 is 0 Å². The second kappa shape index (κ2) is 8.33. The van der Waals surface area contributed by atoms with Crippen molar-refractivity contribution in [1.82, 2.24) is 16.0 Å². The Bertz CT molecular complexity index is 676. The highest BCUT2D eigenvalue weighted by molar-refractivity contribution is 7.10. The van der Waals surface area contributed by atoms with E-state index in [0.29, 0.717) is 12.1 Å². The molecule has 1 amide bonds. The highest BCUT2D eigenvalue weighted by atomic mass is 32.1. The molecule has 3 N–H and O–H groups in total. The lowest BCUT2D eigenvalue weighted by atomic mass is 10.1. The van der Waals surface area contributed by atoms with Crippen LogP contribution in [0.3, 0.4) is 0 Å². The average molecular weight is 330 g/mol. The minimum atomic E-state index is -0.0756. The maximum absolute atomic E-state index is 11.5. The maximum atomic E-state index is 11.5. The molecule has 23 heavy (non-hydrogen) atoms. The lowest BCUT2D eigenvalue weighted by Crippen LogP contribution is -2.36. The van der Waals surface area contributed by atoms with E-state index in [1.54, 1.807) is 25.4 Å². The summed E-state index contributed by atoms with van der Waals surface area (Å²) < 4.78 is 0. The summed E-state index contributed by atoms with van der Waals surface area (Å²) in [5, 5.41) is 11.3. The van der Waals surface area contributed by atoms with Gasteiger partial charge in [-0.05, 0) is 41.6 Å². The van der Waals surface area contributed by atoms with Crippen molar-refractivity contribution in [3.63, 3.8) is 0 Å². The van der Waals surface area contributed by atoms with Gasteiger partial charge in [-0.1, -0.05) is 12.1 Å². The number of thiophene rings is 1. The second-order valence-corrected chi connectivity index (χ2v) is 6.08. The van der Waals surface area contributed by atoms with Gasteiger partial charge in [0.05, 0.1) is 6.54 Å². The van der Waals surface area contributed by atoms with Gasteiger partial charge in [0.15, 0.2) is 5.96 Å². The fraction of sp³-hybridized carbons (Fsp3) is 0.294. The third-order valence-corrected chi connectivity index (χ3v) is 4.53. The van der Waals surface area contributed by atoms with Gasteiger partial charge in [-0.15, -0.1) is 11.3 Å². The Labute approximate surface area is 140 Å². The number of guanidine groups is 1. The Morgan fingerprint density at radius 2 is 1.83 bits per heavy atom. The molecule has 0 aliphatic heterocycles. The SMILES string of the molecule is CN=C(NCc1ccc(C(=O)NC)cc1)NCc1sccc1C. The predicted octanol–water partition coefficient (Wildman–Crippen LogP) is 2.28. The van der Waals surface area contributed by atoms with E-state index in [1.165, 1.54) is 10.4 Å². The van der Waals surface area contributed by atoms with E-state index in [1.807, 2.05) is 24.3 Å². The van der Waals surface area contributed by atoms with Crippen LogP contribution in [0.15, 0.2) is 40.7 Å². The Morgan fingerprint density at radius 1 is 1.13 bits per heavy atom. The third kappa shape index (κ3) is 4.82. The molecule has 0 aliphatic carbocycles. The van der Waals surface area contributed by atoms with Gasteiger partial charge >= 0.3 is 0 Å². The molecule has 122 valence electrons. The van der Waals surface area contributed by atoms with Crippen LogP contribution in [0, 0.1) is 6.92 Å². The van der Waals surface area contributed by atoms with Crippen molar-refractivity contribution in [3.8, 4) is 0 Å². The zero-order chi connectivity index (χ0) is 16.7. The van der Waals surface area contributed by atoms with E-state index in [0.717, 1.165) is 18.1 Å². The molecule has 5 nitrogen and oxygen atoms in total. The Balaban J connectivity index is 1.85. The van der Waals surface area contributed by atoms with E-state index in [2.05, 4.69) is 39.3 Å². The molecule has 2 rings (SSSR count). The van der Waals surface area contributed by atoms with Crippen LogP contribution in [0.2, 0.25) is 0 Å². The summed E-state index contributed by atoms with van der Waals surface area (Å²) >= 11 is 1.74. The Morgan fingerprint density at radius 3 is 2.39 bits per heavy atom. The molecule has 0 unspecified atom stereocenters. The minimum Gasteiger partial charge on any atom is -0.355 e. The lowest BCUT2D eigenvalue weighted by Gasteiger charge is -2.12. The number of rotatable bonds is 5. The van der Waals surface area contributed by atoms with Crippen molar-refractivity contribution in [1.29, 1.82) is 0 Å². The molecule has 1 aromatic heterocycles. The molecular weight excluding hydrogens is 308 g/mol. The Hall–Kier alpha value is -2.34. The monoisotopic (exact) mass is 330 g/mol. The zero-order valence-electron chi connectivity index (χ0n) is 13.6. The number of aryl methyl sites for hydroxylation is 1. The van der Waals surface area contributed by atoms with Crippen LogP contribution >= 0.6 is 11.3 Å². The largest absolute Gasteiger partial charge is 0.355 e. The van der Waals surface area contributed by atoms with Crippen LogP contribution in [0.5, 0.6) is 0 Å². The predicted molar refractivity (Wildman–Crippen MR) is 95.9 cm³/mol. The number of hydrogen-bond donors (Lipinski definition) is 3. The van der Waals surface area contributed by atoms with E-state index in [4.69, 9.17) is 0 Å². The van der Waals surface area contributed by atoms with Gasteiger partial charge in [-0.3, -0.25) is 9.79 Å². The quantitative estimate of drug-likeness (QED) is 0.582. The number of carbonyl (C=O) groups excluding carboxylic acids is 1. The van der Waals surface area contributed by atoms with E-state index in [-0.39, 0.29) is 5.91 Å². The van der Waals surface area contributed by atoms with Crippen molar-refractivity contribution in [2.24, 2.45) is 4.99 Å². The Kier molecular flexibility index (Phi) is 6.17. The fourth-order valence-corrected chi connectivity index (χ4v) is 2.92. The normalized spacial score (nSPS) is 11.2. The second-order valence-electron chi connectivity index (χ2n) is 5.08. The van der Waals surface area contributed by atoms with Crippen LogP contribution in [0.25, 0.3) is 0 Å². The summed E-state index contributed by atoms with van der Waals surface area (Å²) in [5.41, 5.74) is 3.04. The van der Waals surface area contributed by atoms with Gasteiger partial charge < -0.3 is 16.0 Å². The zero-order valence-corrected chi connectivity index (χ0v) is 14.5. The number of aliphatic imine (C=N–C) groups is 1. The van der Waals surface area contributed by atoms with Crippen molar-refractivity contribution >= 4 is 23.2 Å². The van der Waals surface area contributed by atoms with Crippen molar-refractivity contribution in [2.75, 3.05) is 14.1 Å². The summed E-state index contributed by atoms with van der Waals surface area (Å²) in [7, 11) is 3.38. The van der Waals surface area contributed by atoms with Gasteiger partial charge in [0.2, 0.25) is 0 Å². The maximum Gasteiger partial charge on any atom is 0.251 e. The van der Waals surface area contributed by atoms with E-state index in [9.17, 15) is 4.79 Å². The number of carbonyl (C=O) groups is 1. The smallest absolute Gasteiger partial charge is 0.251 e. The fourth-order valence-electron chi connectivity index (χ4n) is 2.07. The van der Waals surface area contributed by atoms with Crippen LogP contribution in [-0.4, -0.2) is 26.0 Å². The average Bonchev–Trinajstić information content (AvgIpc) is 3.00. The number of hydrogen-bond acceptors (Lipinski definition) is 3. The van der Waals surface area contributed by atoms with Crippen LogP contribution in [0.1, 0.15) is 26.4 Å². The first kappa shape index (κ1) is 17.0. The summed E-state index contributed by atoms with van der Waals surface area (Å²) in [6.07, 6.45) is 0. The van der Waals surface area contributed by atoms with Gasteiger partial charge in [-0.25, -0.2) is 0 Å². The first-order valence-corrected chi connectivity index (χ1v) is 8.30. The van der Waals surface area contributed by atoms with Crippen LogP contribution in [-0.2, 0) is 13.1 Å². The molecule has 0 fully saturated rings. The van der Waals surface area contributed by atoms with Crippen molar-refractivity contribution in [2.45, 2.75) is 20.0 Å².